The predicted octanol–water partition coefficient (Wildman–Crippen LogP) is 0.352. The van der Waals surface area contributed by atoms with Gasteiger partial charge in [0.1, 0.15) is 6.54 Å². The fourth-order valence-corrected chi connectivity index (χ4v) is 1.69. The largest absolute Gasteiger partial charge is 0.480 e. The molecule has 8 nitrogen and oxygen atoms in total. The Morgan fingerprint density at radius 2 is 2.18 bits per heavy atom. The highest BCUT2D eigenvalue weighted by Gasteiger charge is 2.12. The molecule has 2 aromatic rings. The summed E-state index contributed by atoms with van der Waals surface area (Å²) < 4.78 is 1.14. The summed E-state index contributed by atoms with van der Waals surface area (Å²) in [6.07, 6.45) is 2.87. The van der Waals surface area contributed by atoms with E-state index in [1.54, 1.807) is 0 Å². The van der Waals surface area contributed by atoms with Crippen LogP contribution in [0.1, 0.15) is 0 Å². The van der Waals surface area contributed by atoms with Crippen molar-refractivity contribution in [1.29, 1.82) is 0 Å². The molecule has 2 rings (SSSR count). The monoisotopic (exact) mass is 272 g/mol. The van der Waals surface area contributed by atoms with Gasteiger partial charge in [-0.1, -0.05) is 11.6 Å². The van der Waals surface area contributed by atoms with E-state index in [4.69, 9.17) is 16.7 Å². The highest BCUT2D eigenvalue weighted by Crippen LogP contribution is 2.21. The number of carboxylic acids is 1. The van der Waals surface area contributed by atoms with Crippen LogP contribution >= 0.6 is 23.4 Å². The van der Waals surface area contributed by atoms with Crippen LogP contribution in [0.4, 0.5) is 0 Å². The van der Waals surface area contributed by atoms with Gasteiger partial charge in [-0.15, -0.1) is 5.10 Å². The molecule has 0 unspecified atom stereocenters. The van der Waals surface area contributed by atoms with Gasteiger partial charge in [-0.2, -0.15) is 0 Å². The predicted molar refractivity (Wildman–Crippen MR) is 56.6 cm³/mol. The van der Waals surface area contributed by atoms with E-state index in [1.807, 2.05) is 0 Å². The van der Waals surface area contributed by atoms with Gasteiger partial charge in [-0.25, -0.2) is 14.6 Å². The van der Waals surface area contributed by atoms with Crippen LogP contribution in [-0.2, 0) is 11.3 Å². The van der Waals surface area contributed by atoms with Crippen molar-refractivity contribution < 1.29 is 9.90 Å². The molecule has 0 spiro atoms. The molecule has 2 heterocycles. The maximum atomic E-state index is 10.5. The summed E-state index contributed by atoms with van der Waals surface area (Å²) >= 11 is 6.69. The van der Waals surface area contributed by atoms with Gasteiger partial charge in [-0.05, 0) is 22.2 Å². The normalized spacial score (nSPS) is 10.4. The first-order valence-corrected chi connectivity index (χ1v) is 5.48. The van der Waals surface area contributed by atoms with Gasteiger partial charge in [0.2, 0.25) is 5.16 Å². The Labute approximate surface area is 104 Å². The van der Waals surface area contributed by atoms with Crippen LogP contribution in [0.15, 0.2) is 22.7 Å². The quantitative estimate of drug-likeness (QED) is 0.795. The van der Waals surface area contributed by atoms with Crippen molar-refractivity contribution >= 4 is 29.3 Å². The van der Waals surface area contributed by atoms with Gasteiger partial charge in [0.25, 0.3) is 0 Å². The van der Waals surface area contributed by atoms with Crippen molar-refractivity contribution in [3.05, 3.63) is 17.4 Å². The standard InChI is InChI=1S/C7H5ClN6O2S/c8-4-1-9-6(10-2-4)17-7-11-12-13-14(7)3-5(15)16/h1-2H,3H2,(H,15,16). The molecule has 0 saturated carbocycles. The minimum absolute atomic E-state index is 0.301. The highest BCUT2D eigenvalue weighted by atomic mass is 35.5. The molecule has 88 valence electrons. The second kappa shape index (κ2) is 5.06. The van der Waals surface area contributed by atoms with Crippen molar-refractivity contribution in [2.45, 2.75) is 16.9 Å². The maximum absolute atomic E-state index is 10.5. The van der Waals surface area contributed by atoms with Crippen molar-refractivity contribution in [1.82, 2.24) is 30.2 Å². The minimum atomic E-state index is -1.03. The Hall–Kier alpha value is -1.74. The van der Waals surface area contributed by atoms with E-state index >= 15 is 0 Å². The fraction of sp³-hybridized carbons (Fsp3) is 0.143. The molecule has 2 aromatic heterocycles. The Bertz CT molecular complexity index is 529. The second-order valence-electron chi connectivity index (χ2n) is 2.80. The number of aliphatic carboxylic acids is 1. The van der Waals surface area contributed by atoms with E-state index < -0.39 is 5.97 Å². The zero-order valence-electron chi connectivity index (χ0n) is 8.19. The number of hydrogen-bond donors (Lipinski definition) is 1. The molecule has 0 amide bonds. The molecule has 10 heteroatoms. The maximum Gasteiger partial charge on any atom is 0.325 e. The summed E-state index contributed by atoms with van der Waals surface area (Å²) in [5.41, 5.74) is 0. The van der Waals surface area contributed by atoms with E-state index in [9.17, 15) is 4.79 Å². The number of aromatic nitrogens is 6. The zero-order valence-corrected chi connectivity index (χ0v) is 9.76. The minimum Gasteiger partial charge on any atom is -0.480 e. The average Bonchev–Trinajstić information content (AvgIpc) is 2.68. The molecule has 0 saturated heterocycles. The molecule has 0 radical (unpaired) electrons. The number of carbonyl (C=O) groups is 1. The molecule has 17 heavy (non-hydrogen) atoms. The lowest BCUT2D eigenvalue weighted by Gasteiger charge is -1.99. The lowest BCUT2D eigenvalue weighted by Crippen LogP contribution is -2.11. The summed E-state index contributed by atoms with van der Waals surface area (Å²) in [5.74, 6) is -1.03. The van der Waals surface area contributed by atoms with Crippen LogP contribution in [-0.4, -0.2) is 41.3 Å². The average molecular weight is 273 g/mol. The van der Waals surface area contributed by atoms with Crippen LogP contribution < -0.4 is 0 Å². The molecular formula is C7H5ClN6O2S. The van der Waals surface area contributed by atoms with E-state index in [0.29, 0.717) is 15.3 Å². The lowest BCUT2D eigenvalue weighted by molar-refractivity contribution is -0.138. The molecule has 0 aliphatic rings. The number of rotatable bonds is 4. The summed E-state index contributed by atoms with van der Waals surface area (Å²) in [6, 6.07) is 0. The van der Waals surface area contributed by atoms with Crippen LogP contribution in [0, 0.1) is 0 Å². The summed E-state index contributed by atoms with van der Waals surface area (Å²) in [7, 11) is 0. The van der Waals surface area contributed by atoms with E-state index in [1.165, 1.54) is 12.4 Å². The summed E-state index contributed by atoms with van der Waals surface area (Å²) in [5, 5.41) is 20.3. The van der Waals surface area contributed by atoms with Crippen molar-refractivity contribution in [2.75, 3.05) is 0 Å². The Balaban J connectivity index is 2.15. The van der Waals surface area contributed by atoms with Crippen LogP contribution in [0.3, 0.4) is 0 Å². The Morgan fingerprint density at radius 3 is 2.82 bits per heavy atom. The number of nitrogens with zero attached hydrogens (tertiary/aromatic N) is 6. The first-order chi connectivity index (χ1) is 8.15. The molecule has 0 bridgehead atoms. The number of tetrazole rings is 1. The Kier molecular flexibility index (Phi) is 3.49. The van der Waals surface area contributed by atoms with Crippen molar-refractivity contribution in [3.63, 3.8) is 0 Å². The molecule has 0 aliphatic carbocycles. The molecule has 0 atom stereocenters. The third kappa shape index (κ3) is 3.11. The first kappa shape index (κ1) is 11.7. The van der Waals surface area contributed by atoms with Gasteiger partial charge >= 0.3 is 5.97 Å². The van der Waals surface area contributed by atoms with Crippen molar-refractivity contribution in [3.8, 4) is 0 Å². The van der Waals surface area contributed by atoms with Gasteiger partial charge in [-0.3, -0.25) is 4.79 Å². The SMILES string of the molecule is O=C(O)Cn1nnnc1Sc1ncc(Cl)cn1. The van der Waals surface area contributed by atoms with E-state index in [0.717, 1.165) is 16.4 Å². The van der Waals surface area contributed by atoms with Crippen LogP contribution in [0.5, 0.6) is 0 Å². The van der Waals surface area contributed by atoms with E-state index in [-0.39, 0.29) is 6.54 Å². The third-order valence-corrected chi connectivity index (χ3v) is 2.63. The first-order valence-electron chi connectivity index (χ1n) is 4.28. The second-order valence-corrected chi connectivity index (χ2v) is 4.17. The molecule has 0 fully saturated rings. The Morgan fingerprint density at radius 1 is 1.47 bits per heavy atom. The smallest absolute Gasteiger partial charge is 0.325 e. The van der Waals surface area contributed by atoms with Crippen LogP contribution in [0.25, 0.3) is 0 Å². The lowest BCUT2D eigenvalue weighted by atomic mass is 10.7. The topological polar surface area (TPSA) is 107 Å². The molecule has 0 aromatic carbocycles. The molecular weight excluding hydrogens is 268 g/mol. The highest BCUT2D eigenvalue weighted by molar-refractivity contribution is 7.99. The van der Waals surface area contributed by atoms with Gasteiger partial charge in [0.05, 0.1) is 17.4 Å². The molecule has 0 aliphatic heterocycles. The van der Waals surface area contributed by atoms with Gasteiger partial charge < -0.3 is 5.11 Å². The molecule has 1 N–H and O–H groups in total. The van der Waals surface area contributed by atoms with E-state index in [2.05, 4.69) is 25.5 Å². The number of halogens is 1. The van der Waals surface area contributed by atoms with Crippen LogP contribution in [0.2, 0.25) is 5.02 Å². The van der Waals surface area contributed by atoms with Crippen molar-refractivity contribution in [2.24, 2.45) is 0 Å². The number of carboxylic acid groups (broad SMARTS) is 1. The number of hydrogen-bond acceptors (Lipinski definition) is 7. The van der Waals surface area contributed by atoms with Gasteiger partial charge in [0.15, 0.2) is 5.16 Å². The summed E-state index contributed by atoms with van der Waals surface area (Å²) in [4.78, 5) is 18.4. The van der Waals surface area contributed by atoms with Gasteiger partial charge in [0, 0.05) is 0 Å². The zero-order chi connectivity index (χ0) is 12.3. The summed E-state index contributed by atoms with van der Waals surface area (Å²) in [6.45, 7) is -0.317. The third-order valence-electron chi connectivity index (χ3n) is 1.56. The fourth-order valence-electron chi connectivity index (χ4n) is 0.932.